The molecule has 0 fully saturated rings. The van der Waals surface area contributed by atoms with Gasteiger partial charge < -0.3 is 15.0 Å². The number of ether oxygens (including phenoxy) is 1. The van der Waals surface area contributed by atoms with E-state index in [1.54, 1.807) is 24.3 Å². The van der Waals surface area contributed by atoms with Crippen LogP contribution in [0.1, 0.15) is 45.7 Å². The Labute approximate surface area is 184 Å². The lowest BCUT2D eigenvalue weighted by atomic mass is 9.88. The van der Waals surface area contributed by atoms with Crippen LogP contribution in [0.25, 0.3) is 11.6 Å². The highest BCUT2D eigenvalue weighted by atomic mass is 16.5. The molecule has 2 aromatic rings. The van der Waals surface area contributed by atoms with Gasteiger partial charge in [-0.25, -0.2) is 0 Å². The first-order valence-electron chi connectivity index (χ1n) is 10.6. The molecule has 0 atom stereocenters. The SMILES string of the molecule is CCOc1cccc(NC(=O)/C(C#N)=C/c2ccc3c(c2)C(C)=CC(C)(C)N3CC)c1. The van der Waals surface area contributed by atoms with E-state index in [9.17, 15) is 10.1 Å². The van der Waals surface area contributed by atoms with Crippen molar-refractivity contribution >= 4 is 28.9 Å². The molecule has 31 heavy (non-hydrogen) atoms. The molecule has 3 rings (SSSR count). The molecule has 1 aliphatic rings. The molecular formula is C26H29N3O2. The van der Waals surface area contributed by atoms with E-state index in [1.807, 2.05) is 31.2 Å². The van der Waals surface area contributed by atoms with Crippen molar-refractivity contribution in [2.45, 2.75) is 40.2 Å². The minimum atomic E-state index is -0.447. The molecule has 0 aromatic heterocycles. The lowest BCUT2D eigenvalue weighted by molar-refractivity contribution is -0.112. The van der Waals surface area contributed by atoms with Crippen LogP contribution in [0.3, 0.4) is 0 Å². The van der Waals surface area contributed by atoms with Crippen molar-refractivity contribution in [1.82, 2.24) is 0 Å². The van der Waals surface area contributed by atoms with E-state index in [0.717, 1.165) is 17.7 Å². The van der Waals surface area contributed by atoms with Crippen molar-refractivity contribution in [2.75, 3.05) is 23.4 Å². The third-order valence-corrected chi connectivity index (χ3v) is 5.40. The van der Waals surface area contributed by atoms with E-state index < -0.39 is 5.91 Å². The molecule has 0 unspecified atom stereocenters. The van der Waals surface area contributed by atoms with E-state index in [2.05, 4.69) is 50.1 Å². The first-order valence-corrected chi connectivity index (χ1v) is 10.6. The Morgan fingerprint density at radius 2 is 2.00 bits per heavy atom. The van der Waals surface area contributed by atoms with E-state index in [0.29, 0.717) is 18.0 Å². The molecule has 0 saturated heterocycles. The number of likely N-dealkylation sites (N-methyl/N-ethyl adjacent to an activating group) is 1. The zero-order valence-corrected chi connectivity index (χ0v) is 18.8. The average Bonchev–Trinajstić information content (AvgIpc) is 2.72. The van der Waals surface area contributed by atoms with Crippen molar-refractivity contribution in [3.05, 3.63) is 65.2 Å². The molecule has 5 heteroatoms. The average molecular weight is 416 g/mol. The maximum atomic E-state index is 12.7. The summed E-state index contributed by atoms with van der Waals surface area (Å²) in [4.78, 5) is 15.0. The van der Waals surface area contributed by atoms with Crippen molar-refractivity contribution in [3.63, 3.8) is 0 Å². The summed E-state index contributed by atoms with van der Waals surface area (Å²) in [6, 6.07) is 15.2. The Morgan fingerprint density at radius 3 is 2.68 bits per heavy atom. The quantitative estimate of drug-likeness (QED) is 0.489. The number of allylic oxidation sites excluding steroid dienone is 1. The lowest BCUT2D eigenvalue weighted by Crippen LogP contribution is -2.44. The smallest absolute Gasteiger partial charge is 0.266 e. The normalized spacial score (nSPS) is 14.9. The van der Waals surface area contributed by atoms with Gasteiger partial charge in [-0.05, 0) is 76.1 Å². The Hall–Kier alpha value is -3.52. The Balaban J connectivity index is 1.88. The number of nitriles is 1. The number of nitrogens with one attached hydrogen (secondary N) is 1. The van der Waals surface area contributed by atoms with E-state index in [1.165, 1.54) is 11.3 Å². The van der Waals surface area contributed by atoms with Gasteiger partial charge in [0.25, 0.3) is 5.91 Å². The van der Waals surface area contributed by atoms with Gasteiger partial charge in [0, 0.05) is 29.5 Å². The standard InChI is InChI=1S/C26H29N3O2/c1-6-29-24-12-11-19(14-23(24)18(3)16-26(29,4)5)13-20(17-27)25(30)28-21-9-8-10-22(15-21)31-7-2/h8-16H,6-7H2,1-5H3,(H,28,30)/b20-13+. The fourth-order valence-electron chi connectivity index (χ4n) is 4.11. The first-order chi connectivity index (χ1) is 14.8. The van der Waals surface area contributed by atoms with Crippen molar-refractivity contribution < 1.29 is 9.53 Å². The maximum Gasteiger partial charge on any atom is 0.266 e. The predicted molar refractivity (Wildman–Crippen MR) is 127 cm³/mol. The summed E-state index contributed by atoms with van der Waals surface area (Å²) in [5.41, 5.74) is 4.87. The van der Waals surface area contributed by atoms with Crippen LogP contribution < -0.4 is 15.0 Å². The molecule has 1 N–H and O–H groups in total. The van der Waals surface area contributed by atoms with Crippen LogP contribution in [0.2, 0.25) is 0 Å². The van der Waals surface area contributed by atoms with Crippen LogP contribution in [0, 0.1) is 11.3 Å². The number of hydrogen-bond donors (Lipinski definition) is 1. The molecule has 5 nitrogen and oxygen atoms in total. The molecule has 0 bridgehead atoms. The van der Waals surface area contributed by atoms with Crippen LogP contribution in [-0.2, 0) is 4.79 Å². The van der Waals surface area contributed by atoms with Crippen molar-refractivity contribution in [3.8, 4) is 11.8 Å². The van der Waals surface area contributed by atoms with E-state index in [-0.39, 0.29) is 11.1 Å². The second kappa shape index (κ2) is 9.09. The van der Waals surface area contributed by atoms with Crippen molar-refractivity contribution in [2.24, 2.45) is 0 Å². The van der Waals surface area contributed by atoms with Crippen LogP contribution in [0.15, 0.2) is 54.1 Å². The Kier molecular flexibility index (Phi) is 6.50. The highest BCUT2D eigenvalue weighted by Crippen LogP contribution is 2.39. The highest BCUT2D eigenvalue weighted by Gasteiger charge is 2.30. The fourth-order valence-corrected chi connectivity index (χ4v) is 4.11. The first kappa shape index (κ1) is 22.2. The van der Waals surface area contributed by atoms with Crippen molar-refractivity contribution in [1.29, 1.82) is 5.26 Å². The van der Waals surface area contributed by atoms with Gasteiger partial charge in [-0.1, -0.05) is 18.2 Å². The van der Waals surface area contributed by atoms with Gasteiger partial charge in [0.1, 0.15) is 17.4 Å². The molecule has 0 radical (unpaired) electrons. The molecule has 0 saturated carbocycles. The minimum Gasteiger partial charge on any atom is -0.494 e. The second-order valence-corrected chi connectivity index (χ2v) is 8.09. The number of rotatable bonds is 6. The molecule has 2 aromatic carbocycles. The number of benzene rings is 2. The fraction of sp³-hybridized carbons (Fsp3) is 0.308. The molecule has 1 aliphatic heterocycles. The van der Waals surface area contributed by atoms with Gasteiger partial charge in [0.05, 0.1) is 12.1 Å². The highest BCUT2D eigenvalue weighted by molar-refractivity contribution is 6.09. The van der Waals surface area contributed by atoms with Crippen LogP contribution in [0.4, 0.5) is 11.4 Å². The Morgan fingerprint density at radius 1 is 1.23 bits per heavy atom. The van der Waals surface area contributed by atoms with Gasteiger partial charge in [0.15, 0.2) is 0 Å². The number of amides is 1. The number of carbonyl (C=O) groups is 1. The topological polar surface area (TPSA) is 65.4 Å². The summed E-state index contributed by atoms with van der Waals surface area (Å²) >= 11 is 0. The van der Waals surface area contributed by atoms with Gasteiger partial charge >= 0.3 is 0 Å². The molecular weight excluding hydrogens is 386 g/mol. The minimum absolute atomic E-state index is 0.0480. The summed E-state index contributed by atoms with van der Waals surface area (Å²) in [5.74, 6) is 0.223. The zero-order chi connectivity index (χ0) is 22.6. The predicted octanol–water partition coefficient (Wildman–Crippen LogP) is 5.65. The van der Waals surface area contributed by atoms with Crippen LogP contribution in [0.5, 0.6) is 5.75 Å². The third kappa shape index (κ3) is 4.80. The molecule has 0 aliphatic carbocycles. The molecule has 1 amide bonds. The van der Waals surface area contributed by atoms with Crippen LogP contribution in [-0.4, -0.2) is 24.6 Å². The largest absolute Gasteiger partial charge is 0.494 e. The van der Waals surface area contributed by atoms with Gasteiger partial charge in [-0.15, -0.1) is 0 Å². The molecule has 0 spiro atoms. The number of carbonyl (C=O) groups excluding carboxylic acids is 1. The molecule has 160 valence electrons. The maximum absolute atomic E-state index is 12.7. The van der Waals surface area contributed by atoms with Gasteiger partial charge in [-0.3, -0.25) is 4.79 Å². The molecule has 1 heterocycles. The lowest BCUT2D eigenvalue weighted by Gasteiger charge is -2.42. The van der Waals surface area contributed by atoms with Crippen LogP contribution >= 0.6 is 0 Å². The summed E-state index contributed by atoms with van der Waals surface area (Å²) in [5, 5.41) is 12.4. The summed E-state index contributed by atoms with van der Waals surface area (Å²) in [6.07, 6.45) is 3.89. The monoisotopic (exact) mass is 415 g/mol. The summed E-state index contributed by atoms with van der Waals surface area (Å²) in [6.45, 7) is 12.0. The van der Waals surface area contributed by atoms with Gasteiger partial charge in [0.2, 0.25) is 0 Å². The van der Waals surface area contributed by atoms with Gasteiger partial charge in [-0.2, -0.15) is 5.26 Å². The number of fused-ring (bicyclic) bond motifs is 1. The third-order valence-electron chi connectivity index (χ3n) is 5.40. The second-order valence-electron chi connectivity index (χ2n) is 8.09. The van der Waals surface area contributed by atoms with E-state index >= 15 is 0 Å². The summed E-state index contributed by atoms with van der Waals surface area (Å²) < 4.78 is 5.47. The number of hydrogen-bond acceptors (Lipinski definition) is 4. The summed E-state index contributed by atoms with van der Waals surface area (Å²) in [7, 11) is 0. The Bertz CT molecular complexity index is 1090. The number of nitrogens with zero attached hydrogens (tertiary/aromatic N) is 2. The zero-order valence-electron chi connectivity index (χ0n) is 18.8. The number of anilines is 2. The van der Waals surface area contributed by atoms with E-state index in [4.69, 9.17) is 4.74 Å².